The minimum absolute atomic E-state index is 0.121. The molecule has 0 aliphatic carbocycles. The second kappa shape index (κ2) is 20.5. The third kappa shape index (κ3) is 14.1. The highest BCUT2D eigenvalue weighted by molar-refractivity contribution is 5.85. The molecule has 5 nitrogen and oxygen atoms in total. The van der Waals surface area contributed by atoms with Gasteiger partial charge in [-0.3, -0.25) is 4.79 Å². The summed E-state index contributed by atoms with van der Waals surface area (Å²) in [5.74, 6) is -0.112. The van der Waals surface area contributed by atoms with E-state index in [9.17, 15) is 9.59 Å². The van der Waals surface area contributed by atoms with Gasteiger partial charge in [-0.25, -0.2) is 4.79 Å². The van der Waals surface area contributed by atoms with Gasteiger partial charge in [-0.15, -0.1) is 0 Å². The molecule has 0 radical (unpaired) electrons. The molecule has 0 aromatic rings. The van der Waals surface area contributed by atoms with Gasteiger partial charge in [-0.2, -0.15) is 0 Å². The lowest BCUT2D eigenvalue weighted by Crippen LogP contribution is -2.41. The number of ether oxygens (including phenoxy) is 1. The zero-order chi connectivity index (χ0) is 23.3. The van der Waals surface area contributed by atoms with Crippen LogP contribution in [0.1, 0.15) is 135 Å². The number of rotatable bonds is 21. The van der Waals surface area contributed by atoms with E-state index >= 15 is 0 Å². The van der Waals surface area contributed by atoms with Gasteiger partial charge < -0.3 is 14.7 Å². The van der Waals surface area contributed by atoms with Gasteiger partial charge in [0.25, 0.3) is 0 Å². The lowest BCUT2D eigenvalue weighted by atomic mass is 10.0. The lowest BCUT2D eigenvalue weighted by molar-refractivity contribution is -0.153. The second-order valence-corrected chi connectivity index (χ2v) is 9.54. The van der Waals surface area contributed by atoms with E-state index in [4.69, 9.17) is 9.84 Å². The minimum Gasteiger partial charge on any atom is -0.464 e. The predicted octanol–water partition coefficient (Wildman–Crippen LogP) is 6.55. The van der Waals surface area contributed by atoms with Crippen molar-refractivity contribution >= 4 is 11.9 Å². The molecule has 1 aliphatic heterocycles. The van der Waals surface area contributed by atoms with Crippen LogP contribution in [-0.2, 0) is 14.3 Å². The van der Waals surface area contributed by atoms with Crippen molar-refractivity contribution in [2.45, 2.75) is 141 Å². The smallest absolute Gasteiger partial charge is 0.328 e. The van der Waals surface area contributed by atoms with Crippen molar-refractivity contribution in [1.82, 2.24) is 4.90 Å². The molecule has 0 aromatic carbocycles. The second-order valence-electron chi connectivity index (χ2n) is 9.54. The number of amides is 1. The van der Waals surface area contributed by atoms with Crippen LogP contribution >= 0.6 is 0 Å². The maximum atomic E-state index is 12.6. The third-order valence-corrected chi connectivity index (χ3v) is 6.64. The Kier molecular flexibility index (Phi) is 18.5. The Hall–Kier alpha value is -1.10. The Morgan fingerprint density at radius 1 is 0.781 bits per heavy atom. The Labute approximate surface area is 197 Å². The van der Waals surface area contributed by atoms with E-state index in [0.29, 0.717) is 19.6 Å². The minimum atomic E-state index is -0.373. The Morgan fingerprint density at radius 2 is 1.31 bits per heavy atom. The summed E-state index contributed by atoms with van der Waals surface area (Å²) < 4.78 is 5.41. The van der Waals surface area contributed by atoms with Gasteiger partial charge in [0.1, 0.15) is 6.04 Å². The Morgan fingerprint density at radius 3 is 1.91 bits per heavy atom. The molecule has 1 rings (SSSR count). The fourth-order valence-electron chi connectivity index (χ4n) is 4.58. The molecule has 32 heavy (non-hydrogen) atoms. The van der Waals surface area contributed by atoms with Gasteiger partial charge >= 0.3 is 5.97 Å². The van der Waals surface area contributed by atoms with Crippen molar-refractivity contribution in [2.24, 2.45) is 0 Å². The first-order valence-electron chi connectivity index (χ1n) is 13.8. The van der Waals surface area contributed by atoms with E-state index in [2.05, 4.69) is 6.92 Å². The van der Waals surface area contributed by atoms with Crippen molar-refractivity contribution in [3.8, 4) is 0 Å². The summed E-state index contributed by atoms with van der Waals surface area (Å²) >= 11 is 0. The van der Waals surface area contributed by atoms with E-state index in [-0.39, 0.29) is 24.5 Å². The molecule has 0 bridgehead atoms. The summed E-state index contributed by atoms with van der Waals surface area (Å²) in [6.07, 6.45) is 22.6. The number of aliphatic hydroxyl groups is 1. The summed E-state index contributed by atoms with van der Waals surface area (Å²) in [5, 5.41) is 8.78. The predicted molar refractivity (Wildman–Crippen MR) is 132 cm³/mol. The maximum absolute atomic E-state index is 12.6. The molecule has 1 fully saturated rings. The average molecular weight is 454 g/mol. The van der Waals surface area contributed by atoms with Crippen LogP contribution in [0.25, 0.3) is 0 Å². The van der Waals surface area contributed by atoms with E-state index in [1.54, 1.807) is 4.90 Å². The maximum Gasteiger partial charge on any atom is 0.328 e. The highest BCUT2D eigenvalue weighted by Crippen LogP contribution is 2.21. The van der Waals surface area contributed by atoms with Crippen molar-refractivity contribution in [1.29, 1.82) is 0 Å². The van der Waals surface area contributed by atoms with Gasteiger partial charge in [0, 0.05) is 19.6 Å². The first-order chi connectivity index (χ1) is 15.7. The summed E-state index contributed by atoms with van der Waals surface area (Å²) in [6, 6.07) is -0.373. The number of hydrogen-bond acceptors (Lipinski definition) is 4. The lowest BCUT2D eigenvalue weighted by Gasteiger charge is -2.23. The first-order valence-corrected chi connectivity index (χ1v) is 13.8. The van der Waals surface area contributed by atoms with Gasteiger partial charge in [-0.1, -0.05) is 90.4 Å². The summed E-state index contributed by atoms with van der Waals surface area (Å²) in [6.45, 7) is 3.59. The molecule has 0 spiro atoms. The van der Waals surface area contributed by atoms with Crippen molar-refractivity contribution in [3.05, 3.63) is 0 Å². The number of unbranched alkanes of at least 4 members (excludes halogenated alkanes) is 15. The quantitative estimate of drug-likeness (QED) is 0.158. The topological polar surface area (TPSA) is 66.8 Å². The SMILES string of the molecule is CCCCCCCCCCCCCCCC(=O)N1CCC[C@H]1C(=O)OCCCCCCO. The fourth-order valence-corrected chi connectivity index (χ4v) is 4.58. The molecule has 188 valence electrons. The van der Waals surface area contributed by atoms with Gasteiger partial charge in [0.05, 0.1) is 6.61 Å². The molecule has 0 unspecified atom stereocenters. The number of nitrogens with zero attached hydrogens (tertiary/aromatic N) is 1. The van der Waals surface area contributed by atoms with Crippen LogP contribution in [0.2, 0.25) is 0 Å². The van der Waals surface area contributed by atoms with Crippen LogP contribution in [0.15, 0.2) is 0 Å². The summed E-state index contributed by atoms with van der Waals surface area (Å²) in [5.41, 5.74) is 0. The largest absolute Gasteiger partial charge is 0.464 e. The number of esters is 1. The van der Waals surface area contributed by atoms with E-state index in [0.717, 1.165) is 51.4 Å². The highest BCUT2D eigenvalue weighted by atomic mass is 16.5. The normalized spacial score (nSPS) is 15.9. The standard InChI is InChI=1S/C27H51NO4/c1-2-3-4-5-6-7-8-9-10-11-12-13-16-21-26(30)28-22-19-20-25(28)27(31)32-24-18-15-14-17-23-29/h25,29H,2-24H2,1H3/t25-/m0/s1. The zero-order valence-corrected chi connectivity index (χ0v) is 21.0. The van der Waals surface area contributed by atoms with Crippen LogP contribution in [0, 0.1) is 0 Å². The molecule has 1 amide bonds. The molecule has 1 atom stereocenters. The summed E-state index contributed by atoms with van der Waals surface area (Å²) in [4.78, 5) is 26.7. The molecule has 0 aromatic heterocycles. The fraction of sp³-hybridized carbons (Fsp3) is 0.926. The Balaban J connectivity index is 2.01. The zero-order valence-electron chi connectivity index (χ0n) is 21.0. The molecular formula is C27H51NO4. The molecule has 5 heteroatoms. The van der Waals surface area contributed by atoms with E-state index in [1.165, 1.54) is 70.6 Å². The van der Waals surface area contributed by atoms with Gasteiger partial charge in [0.2, 0.25) is 5.91 Å². The van der Waals surface area contributed by atoms with Crippen LogP contribution in [-0.4, -0.2) is 47.7 Å². The number of aliphatic hydroxyl groups excluding tert-OH is 1. The number of carbonyl (C=O) groups is 2. The number of likely N-dealkylation sites (tertiary alicyclic amines) is 1. The van der Waals surface area contributed by atoms with Crippen molar-refractivity contribution < 1.29 is 19.4 Å². The molecule has 1 heterocycles. The molecule has 1 aliphatic rings. The van der Waals surface area contributed by atoms with E-state index < -0.39 is 0 Å². The van der Waals surface area contributed by atoms with Crippen LogP contribution in [0.3, 0.4) is 0 Å². The van der Waals surface area contributed by atoms with Crippen molar-refractivity contribution in [2.75, 3.05) is 19.8 Å². The molecule has 0 saturated carbocycles. The first kappa shape index (κ1) is 28.9. The molecule has 1 N–H and O–H groups in total. The number of carbonyl (C=O) groups excluding carboxylic acids is 2. The van der Waals surface area contributed by atoms with Gasteiger partial charge in [-0.05, 0) is 38.5 Å². The average Bonchev–Trinajstić information content (AvgIpc) is 3.29. The summed E-state index contributed by atoms with van der Waals surface area (Å²) in [7, 11) is 0. The van der Waals surface area contributed by atoms with Crippen LogP contribution in [0.4, 0.5) is 0 Å². The number of hydrogen-bond donors (Lipinski definition) is 1. The Bertz CT molecular complexity index is 469. The third-order valence-electron chi connectivity index (χ3n) is 6.64. The van der Waals surface area contributed by atoms with E-state index in [1.807, 2.05) is 0 Å². The van der Waals surface area contributed by atoms with Crippen LogP contribution < -0.4 is 0 Å². The molecular weight excluding hydrogens is 402 g/mol. The molecule has 1 saturated heterocycles. The highest BCUT2D eigenvalue weighted by Gasteiger charge is 2.34. The monoisotopic (exact) mass is 453 g/mol. The van der Waals surface area contributed by atoms with Crippen molar-refractivity contribution in [3.63, 3.8) is 0 Å². The van der Waals surface area contributed by atoms with Gasteiger partial charge in [0.15, 0.2) is 0 Å². The van der Waals surface area contributed by atoms with Crippen LogP contribution in [0.5, 0.6) is 0 Å².